The van der Waals surface area contributed by atoms with Gasteiger partial charge in [-0.05, 0) is 45.0 Å². The Balaban J connectivity index is 2.11. The van der Waals surface area contributed by atoms with E-state index in [1.807, 2.05) is 6.20 Å². The first-order valence-electron chi connectivity index (χ1n) is 6.59. The van der Waals surface area contributed by atoms with E-state index in [1.165, 1.54) is 31.4 Å². The van der Waals surface area contributed by atoms with Gasteiger partial charge in [-0.25, -0.2) is 4.98 Å². The van der Waals surface area contributed by atoms with Crippen molar-refractivity contribution in [3.05, 3.63) is 23.9 Å². The van der Waals surface area contributed by atoms with Gasteiger partial charge in [0.1, 0.15) is 5.82 Å². The molecule has 1 aliphatic heterocycles. The van der Waals surface area contributed by atoms with Crippen molar-refractivity contribution in [1.82, 2.24) is 9.88 Å². The number of anilines is 1. The minimum absolute atomic E-state index is 0.567. The van der Waals surface area contributed by atoms with Gasteiger partial charge in [-0.1, -0.05) is 12.5 Å². The maximum Gasteiger partial charge on any atom is 0.128 e. The first-order chi connectivity index (χ1) is 8.22. The molecule has 1 fully saturated rings. The molecule has 0 amide bonds. The molecule has 2 rings (SSSR count). The summed E-state index contributed by atoms with van der Waals surface area (Å²) in [6, 6.07) is 4.94. The van der Waals surface area contributed by atoms with Crippen molar-refractivity contribution in [2.75, 3.05) is 32.1 Å². The maximum absolute atomic E-state index is 4.56. The van der Waals surface area contributed by atoms with Gasteiger partial charge in [0.05, 0.1) is 0 Å². The summed E-state index contributed by atoms with van der Waals surface area (Å²) in [7, 11) is 4.30. The van der Waals surface area contributed by atoms with Crippen LogP contribution in [-0.4, -0.2) is 37.1 Å². The van der Waals surface area contributed by atoms with Crippen molar-refractivity contribution in [2.24, 2.45) is 0 Å². The summed E-state index contributed by atoms with van der Waals surface area (Å²) in [5.41, 5.74) is 1.36. The molecule has 0 N–H and O–H groups in total. The van der Waals surface area contributed by atoms with Crippen LogP contribution in [0.1, 0.15) is 37.8 Å². The third-order valence-corrected chi connectivity index (χ3v) is 3.79. The monoisotopic (exact) mass is 233 g/mol. The smallest absolute Gasteiger partial charge is 0.128 e. The molecule has 1 aromatic rings. The predicted molar refractivity (Wildman–Crippen MR) is 72.4 cm³/mol. The Bertz CT molecular complexity index is 347. The number of rotatable bonds is 3. The maximum atomic E-state index is 4.56. The molecule has 94 valence electrons. The van der Waals surface area contributed by atoms with Gasteiger partial charge in [-0.3, -0.25) is 4.90 Å². The van der Waals surface area contributed by atoms with Crippen LogP contribution in [0.15, 0.2) is 18.3 Å². The van der Waals surface area contributed by atoms with Crippen molar-refractivity contribution in [1.29, 1.82) is 0 Å². The van der Waals surface area contributed by atoms with Crippen molar-refractivity contribution in [3.8, 4) is 0 Å². The highest BCUT2D eigenvalue weighted by Crippen LogP contribution is 2.29. The Morgan fingerprint density at radius 3 is 2.82 bits per heavy atom. The van der Waals surface area contributed by atoms with Crippen LogP contribution < -0.4 is 4.90 Å². The van der Waals surface area contributed by atoms with Crippen molar-refractivity contribution < 1.29 is 0 Å². The summed E-state index contributed by atoms with van der Waals surface area (Å²) in [6.45, 7) is 4.35. The molecule has 1 saturated heterocycles. The SMILES string of the molecule is CCN(C)c1ccc(C2CCCCN2C)cn1. The van der Waals surface area contributed by atoms with Crippen LogP contribution in [0.3, 0.4) is 0 Å². The van der Waals surface area contributed by atoms with Crippen molar-refractivity contribution >= 4 is 5.82 Å². The highest BCUT2D eigenvalue weighted by atomic mass is 15.2. The van der Waals surface area contributed by atoms with Crippen LogP contribution in [0.5, 0.6) is 0 Å². The largest absolute Gasteiger partial charge is 0.360 e. The highest BCUT2D eigenvalue weighted by molar-refractivity contribution is 5.38. The van der Waals surface area contributed by atoms with E-state index >= 15 is 0 Å². The van der Waals surface area contributed by atoms with E-state index < -0.39 is 0 Å². The van der Waals surface area contributed by atoms with E-state index in [2.05, 4.69) is 47.9 Å². The molecule has 2 heterocycles. The second-order valence-corrected chi connectivity index (χ2v) is 4.96. The first kappa shape index (κ1) is 12.4. The number of likely N-dealkylation sites (tertiary alicyclic amines) is 1. The Morgan fingerprint density at radius 2 is 2.24 bits per heavy atom. The Kier molecular flexibility index (Phi) is 4.00. The number of piperidine rings is 1. The second kappa shape index (κ2) is 5.50. The van der Waals surface area contributed by atoms with E-state index in [0.29, 0.717) is 6.04 Å². The van der Waals surface area contributed by atoms with Gasteiger partial charge in [-0.2, -0.15) is 0 Å². The van der Waals surface area contributed by atoms with Crippen LogP contribution >= 0.6 is 0 Å². The lowest BCUT2D eigenvalue weighted by atomic mass is 9.97. The lowest BCUT2D eigenvalue weighted by Crippen LogP contribution is -2.29. The average molecular weight is 233 g/mol. The zero-order valence-corrected chi connectivity index (χ0v) is 11.2. The predicted octanol–water partition coefficient (Wildman–Crippen LogP) is 2.69. The van der Waals surface area contributed by atoms with E-state index in [0.717, 1.165) is 12.4 Å². The van der Waals surface area contributed by atoms with E-state index in [4.69, 9.17) is 0 Å². The molecular formula is C14H23N3. The van der Waals surface area contributed by atoms with Crippen molar-refractivity contribution in [3.63, 3.8) is 0 Å². The fraction of sp³-hybridized carbons (Fsp3) is 0.643. The summed E-state index contributed by atoms with van der Waals surface area (Å²) in [5, 5.41) is 0. The summed E-state index contributed by atoms with van der Waals surface area (Å²) >= 11 is 0. The third kappa shape index (κ3) is 2.78. The number of pyridine rings is 1. The molecule has 1 aromatic heterocycles. The summed E-state index contributed by atoms with van der Waals surface area (Å²) in [6.07, 6.45) is 5.98. The molecule has 1 unspecified atom stereocenters. The summed E-state index contributed by atoms with van der Waals surface area (Å²) in [5.74, 6) is 1.06. The Labute approximate surface area is 104 Å². The van der Waals surface area contributed by atoms with E-state index in [1.54, 1.807) is 0 Å². The van der Waals surface area contributed by atoms with Crippen LogP contribution in [-0.2, 0) is 0 Å². The molecule has 1 atom stereocenters. The second-order valence-electron chi connectivity index (χ2n) is 4.96. The molecule has 17 heavy (non-hydrogen) atoms. The van der Waals surface area contributed by atoms with Gasteiger partial charge in [0.2, 0.25) is 0 Å². The fourth-order valence-corrected chi connectivity index (χ4v) is 2.48. The molecule has 0 saturated carbocycles. The minimum Gasteiger partial charge on any atom is -0.360 e. The fourth-order valence-electron chi connectivity index (χ4n) is 2.48. The molecule has 0 aromatic carbocycles. The molecule has 0 spiro atoms. The summed E-state index contributed by atoms with van der Waals surface area (Å²) in [4.78, 5) is 9.17. The third-order valence-electron chi connectivity index (χ3n) is 3.79. The first-order valence-corrected chi connectivity index (χ1v) is 6.59. The van der Waals surface area contributed by atoms with Gasteiger partial charge in [0.15, 0.2) is 0 Å². The molecular weight excluding hydrogens is 210 g/mol. The average Bonchev–Trinajstić information content (AvgIpc) is 2.39. The van der Waals surface area contributed by atoms with Crippen LogP contribution in [0.25, 0.3) is 0 Å². The van der Waals surface area contributed by atoms with Gasteiger partial charge in [0.25, 0.3) is 0 Å². The molecule has 3 heteroatoms. The van der Waals surface area contributed by atoms with Crippen LogP contribution in [0, 0.1) is 0 Å². The standard InChI is InChI=1S/C14H23N3/c1-4-16(2)14-9-8-12(11-15-14)13-7-5-6-10-17(13)3/h8-9,11,13H,4-7,10H2,1-3H3. The van der Waals surface area contributed by atoms with Gasteiger partial charge in [0, 0.05) is 25.8 Å². The number of nitrogens with zero attached hydrogens (tertiary/aromatic N) is 3. The zero-order valence-electron chi connectivity index (χ0n) is 11.2. The number of aromatic nitrogens is 1. The molecule has 0 radical (unpaired) electrons. The van der Waals surface area contributed by atoms with Gasteiger partial charge in [-0.15, -0.1) is 0 Å². The van der Waals surface area contributed by atoms with Gasteiger partial charge < -0.3 is 4.90 Å². The molecule has 0 aliphatic carbocycles. The van der Waals surface area contributed by atoms with Gasteiger partial charge >= 0.3 is 0 Å². The topological polar surface area (TPSA) is 19.4 Å². The lowest BCUT2D eigenvalue weighted by Gasteiger charge is -2.32. The Morgan fingerprint density at radius 1 is 1.41 bits per heavy atom. The van der Waals surface area contributed by atoms with E-state index in [-0.39, 0.29) is 0 Å². The zero-order chi connectivity index (χ0) is 12.3. The highest BCUT2D eigenvalue weighted by Gasteiger charge is 2.20. The quantitative estimate of drug-likeness (QED) is 0.800. The summed E-state index contributed by atoms with van der Waals surface area (Å²) < 4.78 is 0. The lowest BCUT2D eigenvalue weighted by molar-refractivity contribution is 0.187. The Hall–Kier alpha value is -1.09. The van der Waals surface area contributed by atoms with Crippen LogP contribution in [0.4, 0.5) is 5.82 Å². The minimum atomic E-state index is 0.567. The normalized spacial score (nSPS) is 21.5. The number of hydrogen-bond acceptors (Lipinski definition) is 3. The van der Waals surface area contributed by atoms with Crippen molar-refractivity contribution in [2.45, 2.75) is 32.2 Å². The number of hydrogen-bond donors (Lipinski definition) is 0. The molecule has 3 nitrogen and oxygen atoms in total. The van der Waals surface area contributed by atoms with E-state index in [9.17, 15) is 0 Å². The molecule has 1 aliphatic rings. The van der Waals surface area contributed by atoms with Crippen LogP contribution in [0.2, 0.25) is 0 Å². The molecule has 0 bridgehead atoms.